The molecule has 0 bridgehead atoms. The van der Waals surface area contributed by atoms with E-state index >= 15 is 0 Å². The Labute approximate surface area is 125 Å². The van der Waals surface area contributed by atoms with Crippen LogP contribution in [0.5, 0.6) is 0 Å². The van der Waals surface area contributed by atoms with Crippen LogP contribution in [0.2, 0.25) is 0 Å². The Morgan fingerprint density at radius 1 is 1.38 bits per heavy atom. The molecule has 5 heteroatoms. The van der Waals surface area contributed by atoms with E-state index in [4.69, 9.17) is 0 Å². The van der Waals surface area contributed by atoms with Crippen molar-refractivity contribution in [2.45, 2.75) is 39.2 Å². The van der Waals surface area contributed by atoms with Crippen LogP contribution in [0.4, 0.5) is 5.69 Å². The average molecular weight is 290 g/mol. The molecule has 1 amide bonds. The van der Waals surface area contributed by atoms with Gasteiger partial charge in [0.15, 0.2) is 0 Å². The maximum Gasteiger partial charge on any atom is 0.336 e. The maximum absolute atomic E-state index is 12.8. The lowest BCUT2D eigenvalue weighted by Gasteiger charge is -2.36. The van der Waals surface area contributed by atoms with Gasteiger partial charge in [0.05, 0.1) is 11.1 Å². The largest absolute Gasteiger partial charge is 0.478 e. The van der Waals surface area contributed by atoms with E-state index in [1.165, 1.54) is 0 Å². The van der Waals surface area contributed by atoms with Gasteiger partial charge < -0.3 is 15.3 Å². The minimum Gasteiger partial charge on any atom is -0.478 e. The number of likely N-dealkylation sites (N-methyl/N-ethyl adjacent to an activating group) is 1. The van der Waals surface area contributed by atoms with Gasteiger partial charge in [-0.2, -0.15) is 0 Å². The topological polar surface area (TPSA) is 69.6 Å². The Balaban J connectivity index is 2.41. The molecule has 0 atom stereocenters. The summed E-state index contributed by atoms with van der Waals surface area (Å²) in [7, 11) is 0. The normalized spacial score (nSPS) is 14.7. The minimum absolute atomic E-state index is 0.0205. The highest BCUT2D eigenvalue weighted by atomic mass is 16.4. The van der Waals surface area contributed by atoms with E-state index in [1.54, 1.807) is 17.0 Å². The molecular weight excluding hydrogens is 268 g/mol. The smallest absolute Gasteiger partial charge is 0.336 e. The van der Waals surface area contributed by atoms with Crippen molar-refractivity contribution in [1.82, 2.24) is 5.32 Å². The van der Waals surface area contributed by atoms with Gasteiger partial charge in [0.2, 0.25) is 5.91 Å². The molecule has 21 heavy (non-hydrogen) atoms. The molecule has 1 heterocycles. The molecule has 0 spiro atoms. The Bertz CT molecular complexity index is 567. The number of benzene rings is 1. The summed E-state index contributed by atoms with van der Waals surface area (Å²) >= 11 is 0. The third-order valence-corrected chi connectivity index (χ3v) is 3.88. The molecule has 0 saturated carbocycles. The fourth-order valence-corrected chi connectivity index (χ4v) is 2.89. The van der Waals surface area contributed by atoms with Gasteiger partial charge in [0.1, 0.15) is 0 Å². The van der Waals surface area contributed by atoms with Crippen LogP contribution in [0, 0.1) is 0 Å². The monoisotopic (exact) mass is 290 g/mol. The van der Waals surface area contributed by atoms with Gasteiger partial charge in [0.25, 0.3) is 0 Å². The molecule has 2 N–H and O–H groups in total. The SMILES string of the molecule is CCNC(C)(C)C(=O)N1CCCc2c(C(=O)O)cccc21. The van der Waals surface area contributed by atoms with Crippen molar-refractivity contribution in [2.24, 2.45) is 0 Å². The first-order valence-electron chi connectivity index (χ1n) is 7.30. The average Bonchev–Trinajstić information content (AvgIpc) is 2.45. The second-order valence-electron chi connectivity index (χ2n) is 5.82. The molecule has 0 unspecified atom stereocenters. The van der Waals surface area contributed by atoms with Gasteiger partial charge in [-0.15, -0.1) is 0 Å². The van der Waals surface area contributed by atoms with E-state index in [0.29, 0.717) is 25.1 Å². The highest BCUT2D eigenvalue weighted by Crippen LogP contribution is 2.31. The fourth-order valence-electron chi connectivity index (χ4n) is 2.89. The first-order chi connectivity index (χ1) is 9.88. The number of carbonyl (C=O) groups excluding carboxylic acids is 1. The van der Waals surface area contributed by atoms with E-state index in [-0.39, 0.29) is 5.91 Å². The summed E-state index contributed by atoms with van der Waals surface area (Å²) in [5.41, 5.74) is 1.13. The van der Waals surface area contributed by atoms with Crippen LogP contribution in [0.25, 0.3) is 0 Å². The number of carbonyl (C=O) groups is 2. The van der Waals surface area contributed by atoms with Crippen LogP contribution in [0.3, 0.4) is 0 Å². The first-order valence-corrected chi connectivity index (χ1v) is 7.30. The molecule has 0 aliphatic carbocycles. The number of nitrogens with zero attached hydrogens (tertiary/aromatic N) is 1. The van der Waals surface area contributed by atoms with Gasteiger partial charge in [0, 0.05) is 12.2 Å². The van der Waals surface area contributed by atoms with Crippen molar-refractivity contribution in [3.8, 4) is 0 Å². The van der Waals surface area contributed by atoms with Crippen molar-refractivity contribution < 1.29 is 14.7 Å². The third-order valence-electron chi connectivity index (χ3n) is 3.88. The van der Waals surface area contributed by atoms with Gasteiger partial charge >= 0.3 is 5.97 Å². The zero-order chi connectivity index (χ0) is 15.6. The molecule has 0 fully saturated rings. The van der Waals surface area contributed by atoms with Crippen molar-refractivity contribution in [3.05, 3.63) is 29.3 Å². The molecule has 0 radical (unpaired) electrons. The van der Waals surface area contributed by atoms with Crippen molar-refractivity contribution >= 4 is 17.6 Å². The molecule has 2 rings (SSSR count). The summed E-state index contributed by atoms with van der Waals surface area (Å²) in [4.78, 5) is 25.8. The van der Waals surface area contributed by atoms with Crippen LogP contribution >= 0.6 is 0 Å². The zero-order valence-corrected chi connectivity index (χ0v) is 12.8. The second kappa shape index (κ2) is 5.85. The van der Waals surface area contributed by atoms with Crippen LogP contribution < -0.4 is 10.2 Å². The highest BCUT2D eigenvalue weighted by molar-refractivity contribution is 6.02. The lowest BCUT2D eigenvalue weighted by molar-refractivity contribution is -0.123. The number of anilines is 1. The van der Waals surface area contributed by atoms with Crippen molar-refractivity contribution in [3.63, 3.8) is 0 Å². The van der Waals surface area contributed by atoms with Gasteiger partial charge in [-0.05, 0) is 50.9 Å². The summed E-state index contributed by atoms with van der Waals surface area (Å²) in [6.07, 6.45) is 1.48. The Morgan fingerprint density at radius 3 is 2.71 bits per heavy atom. The minimum atomic E-state index is -0.938. The predicted octanol–water partition coefficient (Wildman–Crippen LogP) is 2.05. The molecule has 1 aromatic rings. The number of nitrogens with one attached hydrogen (secondary N) is 1. The summed E-state index contributed by atoms with van der Waals surface area (Å²) < 4.78 is 0. The van der Waals surface area contributed by atoms with Crippen molar-refractivity contribution in [1.29, 1.82) is 0 Å². The molecule has 1 aromatic carbocycles. The Kier molecular flexibility index (Phi) is 4.32. The van der Waals surface area contributed by atoms with Crippen molar-refractivity contribution in [2.75, 3.05) is 18.0 Å². The number of carboxylic acids is 1. The quantitative estimate of drug-likeness (QED) is 0.890. The summed E-state index contributed by atoms with van der Waals surface area (Å²) in [5, 5.41) is 12.5. The standard InChI is InChI=1S/C16H22N2O3/c1-4-17-16(2,3)15(21)18-10-6-8-11-12(14(19)20)7-5-9-13(11)18/h5,7,9,17H,4,6,8,10H2,1-3H3,(H,19,20). The molecule has 1 aliphatic rings. The second-order valence-corrected chi connectivity index (χ2v) is 5.82. The number of hydrogen-bond donors (Lipinski definition) is 2. The number of rotatable bonds is 4. The first kappa shape index (κ1) is 15.5. The van der Waals surface area contributed by atoms with Crippen LogP contribution in [0.15, 0.2) is 18.2 Å². The molecule has 0 saturated heterocycles. The van der Waals surface area contributed by atoms with Crippen LogP contribution in [0.1, 0.15) is 43.1 Å². The van der Waals surface area contributed by atoms with Crippen LogP contribution in [-0.4, -0.2) is 35.6 Å². The molecule has 1 aliphatic heterocycles. The number of fused-ring (bicyclic) bond motifs is 1. The van der Waals surface area contributed by atoms with Gasteiger partial charge in [-0.1, -0.05) is 13.0 Å². The molecule has 114 valence electrons. The zero-order valence-electron chi connectivity index (χ0n) is 12.8. The number of amides is 1. The van der Waals surface area contributed by atoms with E-state index < -0.39 is 11.5 Å². The molecule has 0 aromatic heterocycles. The number of carboxylic acid groups (broad SMARTS) is 1. The van der Waals surface area contributed by atoms with E-state index in [9.17, 15) is 14.7 Å². The predicted molar refractivity (Wildman–Crippen MR) is 81.8 cm³/mol. The summed E-state index contributed by atoms with van der Waals surface area (Å²) in [6, 6.07) is 5.14. The van der Waals surface area contributed by atoms with E-state index in [0.717, 1.165) is 17.7 Å². The third kappa shape index (κ3) is 2.93. The van der Waals surface area contributed by atoms with E-state index in [2.05, 4.69) is 5.32 Å². The van der Waals surface area contributed by atoms with Crippen LogP contribution in [-0.2, 0) is 11.2 Å². The number of hydrogen-bond acceptors (Lipinski definition) is 3. The highest BCUT2D eigenvalue weighted by Gasteiger charge is 2.34. The Hall–Kier alpha value is -1.88. The Morgan fingerprint density at radius 2 is 2.10 bits per heavy atom. The van der Waals surface area contributed by atoms with E-state index in [1.807, 2.05) is 26.8 Å². The molecular formula is C16H22N2O3. The maximum atomic E-state index is 12.8. The molecule has 5 nitrogen and oxygen atoms in total. The lowest BCUT2D eigenvalue weighted by Crippen LogP contribution is -2.55. The van der Waals surface area contributed by atoms with Gasteiger partial charge in [-0.25, -0.2) is 4.79 Å². The summed E-state index contributed by atoms with van der Waals surface area (Å²) in [6.45, 7) is 7.00. The fraction of sp³-hybridized carbons (Fsp3) is 0.500. The summed E-state index contributed by atoms with van der Waals surface area (Å²) in [5.74, 6) is -0.958. The lowest BCUT2D eigenvalue weighted by atomic mass is 9.94. The number of aromatic carboxylic acids is 1. The van der Waals surface area contributed by atoms with Gasteiger partial charge in [-0.3, -0.25) is 4.79 Å².